The molecule has 0 aromatic rings. The third-order valence-corrected chi connectivity index (χ3v) is 4.87. The Balaban J connectivity index is 3.41. The van der Waals surface area contributed by atoms with Crippen LogP contribution >= 0.6 is 0 Å². The number of aliphatic carboxylic acids is 1. The van der Waals surface area contributed by atoms with Crippen LogP contribution in [0, 0.1) is 5.92 Å². The summed E-state index contributed by atoms with van der Waals surface area (Å²) in [5.41, 5.74) is 5.41. The molecule has 0 radical (unpaired) electrons. The number of nitrogens with two attached hydrogens (primary N) is 1. The first-order valence-electron chi connectivity index (χ1n) is 11.1. The second-order valence-corrected chi connectivity index (χ2v) is 7.88. The Morgan fingerprint density at radius 1 is 1.03 bits per heavy atom. The first kappa shape index (κ1) is 29.4. The maximum atomic E-state index is 11.7. The van der Waals surface area contributed by atoms with Crippen LogP contribution in [-0.2, 0) is 28.6 Å². The highest BCUT2D eigenvalue weighted by Gasteiger charge is 2.20. The number of carboxylic acid groups (broad SMARTS) is 1. The Labute approximate surface area is 185 Å². The van der Waals surface area contributed by atoms with Crippen LogP contribution in [-0.4, -0.2) is 95.1 Å². The molecule has 0 heterocycles. The number of hydrogen-bond donors (Lipinski definition) is 4. The number of quaternary nitrogens is 1. The molecule has 5 N–H and O–H groups in total. The average Bonchev–Trinajstić information content (AvgIpc) is 2.71. The molecule has 182 valence electrons. The van der Waals surface area contributed by atoms with Gasteiger partial charge in [0, 0.05) is 18.9 Å². The van der Waals surface area contributed by atoms with Gasteiger partial charge in [0.05, 0.1) is 46.7 Å². The lowest BCUT2D eigenvalue weighted by Crippen LogP contribution is -3.14. The lowest BCUT2D eigenvalue weighted by Gasteiger charge is -2.23. The number of amides is 1. The number of nitrogens with one attached hydrogen (secondary N) is 2. The quantitative estimate of drug-likeness (QED) is 0.128. The van der Waals surface area contributed by atoms with E-state index in [1.807, 2.05) is 20.9 Å². The smallest absolute Gasteiger partial charge is 0.320 e. The highest BCUT2D eigenvalue weighted by molar-refractivity contribution is 5.75. The zero-order valence-electron chi connectivity index (χ0n) is 19.3. The van der Waals surface area contributed by atoms with E-state index in [2.05, 4.69) is 5.32 Å². The van der Waals surface area contributed by atoms with Crippen molar-refractivity contribution in [3.63, 3.8) is 0 Å². The molecule has 1 amide bonds. The van der Waals surface area contributed by atoms with E-state index in [0.717, 1.165) is 17.7 Å². The standard InChI is InChI=1S/C21H41N3O7/c1-17(2)19(16-25)24(3)9-11-30-13-15-31-14-12-29-10-7-20(26)23-8-5-4-6-18(22)21(27)28/h16-19H,4-15,22H2,1-3H3,(H,23,26)(H,27,28)/p+1/t18-,19+/m0/s1. The van der Waals surface area contributed by atoms with Crippen molar-refractivity contribution in [3.8, 4) is 0 Å². The van der Waals surface area contributed by atoms with E-state index < -0.39 is 12.0 Å². The van der Waals surface area contributed by atoms with Gasteiger partial charge in [0.25, 0.3) is 0 Å². The van der Waals surface area contributed by atoms with Gasteiger partial charge >= 0.3 is 5.97 Å². The fraction of sp³-hybridized carbons (Fsp3) is 0.857. The summed E-state index contributed by atoms with van der Waals surface area (Å²) >= 11 is 0. The molecule has 0 aliphatic rings. The number of carbonyl (C=O) groups excluding carboxylic acids is 2. The van der Waals surface area contributed by atoms with Crippen LogP contribution in [0.1, 0.15) is 39.5 Å². The lowest BCUT2D eigenvalue weighted by atomic mass is 10.1. The van der Waals surface area contributed by atoms with Crippen molar-refractivity contribution in [2.75, 3.05) is 59.8 Å². The SMILES string of the molecule is CC(C)[C@@H](C=O)[NH+](C)CCOCCOCCOCCC(=O)NCCCC[C@H](N)C(=O)O. The largest absolute Gasteiger partial charge is 0.480 e. The van der Waals surface area contributed by atoms with Crippen LogP contribution in [0.4, 0.5) is 0 Å². The molecule has 0 aliphatic heterocycles. The first-order chi connectivity index (χ1) is 14.8. The molecule has 1 unspecified atom stereocenters. The Kier molecular flexibility index (Phi) is 18.1. The minimum absolute atomic E-state index is 0.0122. The summed E-state index contributed by atoms with van der Waals surface area (Å²) in [5, 5.41) is 11.4. The van der Waals surface area contributed by atoms with Gasteiger partial charge in [-0.3, -0.25) is 14.4 Å². The Morgan fingerprint density at radius 3 is 2.16 bits per heavy atom. The zero-order chi connectivity index (χ0) is 23.5. The summed E-state index contributed by atoms with van der Waals surface area (Å²) in [6, 6.07) is -0.853. The number of aldehydes is 1. The van der Waals surface area contributed by atoms with Gasteiger partial charge in [0.2, 0.25) is 5.91 Å². The van der Waals surface area contributed by atoms with Crippen LogP contribution in [0.5, 0.6) is 0 Å². The molecule has 0 aromatic carbocycles. The summed E-state index contributed by atoms with van der Waals surface area (Å²) in [7, 11) is 1.99. The van der Waals surface area contributed by atoms with Crippen LogP contribution in [0.2, 0.25) is 0 Å². The second-order valence-electron chi connectivity index (χ2n) is 7.88. The highest BCUT2D eigenvalue weighted by Crippen LogP contribution is 1.98. The average molecular weight is 449 g/mol. The first-order valence-corrected chi connectivity index (χ1v) is 11.1. The van der Waals surface area contributed by atoms with Gasteiger partial charge in [0.15, 0.2) is 6.29 Å². The van der Waals surface area contributed by atoms with E-state index in [-0.39, 0.29) is 18.4 Å². The van der Waals surface area contributed by atoms with Gasteiger partial charge in [-0.25, -0.2) is 0 Å². The molecule has 0 aromatic heterocycles. The molecule has 0 fully saturated rings. The van der Waals surface area contributed by atoms with E-state index in [1.54, 1.807) is 0 Å². The van der Waals surface area contributed by atoms with Crippen molar-refractivity contribution in [2.45, 2.75) is 51.6 Å². The number of hydrogen-bond acceptors (Lipinski definition) is 7. The third-order valence-electron chi connectivity index (χ3n) is 4.87. The number of carbonyl (C=O) groups is 3. The van der Waals surface area contributed by atoms with Crippen LogP contribution in [0.3, 0.4) is 0 Å². The normalized spacial score (nSPS) is 14.2. The number of ether oxygens (including phenoxy) is 3. The maximum Gasteiger partial charge on any atom is 0.320 e. The number of likely N-dealkylation sites (N-methyl/N-ethyl adjacent to an activating group) is 1. The zero-order valence-corrected chi connectivity index (χ0v) is 19.3. The van der Waals surface area contributed by atoms with Crippen molar-refractivity contribution in [1.82, 2.24) is 5.32 Å². The Morgan fingerprint density at radius 2 is 1.61 bits per heavy atom. The molecule has 0 spiro atoms. The van der Waals surface area contributed by atoms with Crippen molar-refractivity contribution in [3.05, 3.63) is 0 Å². The number of rotatable bonds is 21. The molecule has 0 saturated heterocycles. The fourth-order valence-corrected chi connectivity index (χ4v) is 2.88. The van der Waals surface area contributed by atoms with Gasteiger partial charge < -0.3 is 35.3 Å². The monoisotopic (exact) mass is 448 g/mol. The fourth-order valence-electron chi connectivity index (χ4n) is 2.88. The molecule has 0 aliphatic carbocycles. The number of carboxylic acids is 1. The maximum absolute atomic E-state index is 11.7. The topological polar surface area (TPSA) is 142 Å². The second kappa shape index (κ2) is 19.1. The summed E-state index contributed by atoms with van der Waals surface area (Å²) in [6.07, 6.45) is 3.02. The summed E-state index contributed by atoms with van der Waals surface area (Å²) < 4.78 is 16.3. The molecule has 10 nitrogen and oxygen atoms in total. The lowest BCUT2D eigenvalue weighted by molar-refractivity contribution is -0.899. The van der Waals surface area contributed by atoms with Crippen molar-refractivity contribution < 1.29 is 38.6 Å². The molecule has 3 atom stereocenters. The van der Waals surface area contributed by atoms with E-state index in [4.69, 9.17) is 25.1 Å². The van der Waals surface area contributed by atoms with Crippen molar-refractivity contribution in [2.24, 2.45) is 11.7 Å². The predicted molar refractivity (Wildman–Crippen MR) is 116 cm³/mol. The van der Waals surface area contributed by atoms with Gasteiger partial charge in [-0.1, -0.05) is 13.8 Å². The molecule has 0 rings (SSSR count). The molecule has 0 bridgehead atoms. The summed E-state index contributed by atoms with van der Waals surface area (Å²) in [6.45, 7) is 8.02. The highest BCUT2D eigenvalue weighted by atomic mass is 16.5. The molecule has 10 heteroatoms. The molecular formula is C21H42N3O7+. The van der Waals surface area contributed by atoms with Crippen LogP contribution < -0.4 is 16.0 Å². The summed E-state index contributed by atoms with van der Waals surface area (Å²) in [5.74, 6) is -0.794. The molecule has 0 saturated carbocycles. The molecular weight excluding hydrogens is 406 g/mol. The van der Waals surface area contributed by atoms with Gasteiger partial charge in [-0.2, -0.15) is 0 Å². The van der Waals surface area contributed by atoms with E-state index in [0.29, 0.717) is 71.4 Å². The summed E-state index contributed by atoms with van der Waals surface area (Å²) in [4.78, 5) is 34.5. The van der Waals surface area contributed by atoms with Gasteiger partial charge in [-0.05, 0) is 19.3 Å². The van der Waals surface area contributed by atoms with Crippen molar-refractivity contribution >= 4 is 18.2 Å². The number of unbranched alkanes of at least 4 members (excludes halogenated alkanes) is 1. The molecule has 31 heavy (non-hydrogen) atoms. The van der Waals surface area contributed by atoms with Crippen LogP contribution in [0.15, 0.2) is 0 Å². The predicted octanol–water partition coefficient (Wildman–Crippen LogP) is -1.14. The third kappa shape index (κ3) is 16.7. The minimum atomic E-state index is -1.00. The van der Waals surface area contributed by atoms with E-state index in [1.165, 1.54) is 0 Å². The Bertz CT molecular complexity index is 492. The van der Waals surface area contributed by atoms with Gasteiger partial charge in [-0.15, -0.1) is 0 Å². The van der Waals surface area contributed by atoms with Crippen molar-refractivity contribution in [1.29, 1.82) is 0 Å². The van der Waals surface area contributed by atoms with Crippen LogP contribution in [0.25, 0.3) is 0 Å². The minimum Gasteiger partial charge on any atom is -0.480 e. The van der Waals surface area contributed by atoms with E-state index >= 15 is 0 Å². The Hall–Kier alpha value is -1.59. The van der Waals surface area contributed by atoms with E-state index in [9.17, 15) is 14.4 Å². The van der Waals surface area contributed by atoms with Gasteiger partial charge in [0.1, 0.15) is 18.6 Å².